The summed E-state index contributed by atoms with van der Waals surface area (Å²) in [5.74, 6) is 1.16. The Balaban J connectivity index is 2.00. The Labute approximate surface area is 130 Å². The summed E-state index contributed by atoms with van der Waals surface area (Å²) < 4.78 is 10.4. The number of hydrogen-bond acceptors (Lipinski definition) is 4. The minimum Gasteiger partial charge on any atom is -0.493 e. The first-order chi connectivity index (χ1) is 10.6. The van der Waals surface area contributed by atoms with E-state index in [1.54, 1.807) is 31.4 Å². The average Bonchev–Trinajstić information content (AvgIpc) is 2.55. The minimum absolute atomic E-state index is 0.0985. The fourth-order valence-electron chi connectivity index (χ4n) is 2.12. The zero-order chi connectivity index (χ0) is 15.9. The van der Waals surface area contributed by atoms with Crippen LogP contribution in [0, 0.1) is 0 Å². The third-order valence-corrected chi connectivity index (χ3v) is 3.25. The molecule has 5 nitrogen and oxygen atoms in total. The van der Waals surface area contributed by atoms with Gasteiger partial charge in [0.25, 0.3) is 0 Å². The van der Waals surface area contributed by atoms with Gasteiger partial charge in [-0.25, -0.2) is 0 Å². The maximum absolute atomic E-state index is 12.1. The summed E-state index contributed by atoms with van der Waals surface area (Å²) >= 11 is 0. The maximum atomic E-state index is 12.1. The molecule has 2 rings (SSSR count). The van der Waals surface area contributed by atoms with E-state index in [-0.39, 0.29) is 12.3 Å². The number of hydrogen-bond donors (Lipinski definition) is 1. The lowest BCUT2D eigenvalue weighted by Gasteiger charge is -2.20. The molecule has 2 aromatic rings. The molecule has 1 amide bonds. The quantitative estimate of drug-likeness (QED) is 0.832. The Kier molecular flexibility index (Phi) is 5.25. The summed E-state index contributed by atoms with van der Waals surface area (Å²) in [6, 6.07) is 15.1. The number of methoxy groups -OCH3 is 2. The van der Waals surface area contributed by atoms with E-state index in [1.165, 1.54) is 0 Å². The van der Waals surface area contributed by atoms with Crippen LogP contribution < -0.4 is 19.9 Å². The lowest BCUT2D eigenvalue weighted by atomic mass is 10.1. The van der Waals surface area contributed by atoms with Crippen LogP contribution in [0.3, 0.4) is 0 Å². The van der Waals surface area contributed by atoms with E-state index in [4.69, 9.17) is 9.47 Å². The smallest absolute Gasteiger partial charge is 0.242 e. The van der Waals surface area contributed by atoms with E-state index in [1.807, 2.05) is 43.4 Å². The zero-order valence-electron chi connectivity index (χ0n) is 13.0. The molecule has 0 saturated heterocycles. The number of nitrogens with one attached hydrogen (secondary N) is 1. The summed E-state index contributed by atoms with van der Waals surface area (Å²) in [7, 11) is 4.96. The number of hydrazine groups is 1. The van der Waals surface area contributed by atoms with E-state index in [9.17, 15) is 4.79 Å². The van der Waals surface area contributed by atoms with Gasteiger partial charge in [-0.3, -0.25) is 15.2 Å². The molecular formula is C17H20N2O3. The number of benzene rings is 2. The number of para-hydroxylation sites is 1. The van der Waals surface area contributed by atoms with Crippen molar-refractivity contribution in [3.63, 3.8) is 0 Å². The lowest BCUT2D eigenvalue weighted by molar-refractivity contribution is -0.120. The van der Waals surface area contributed by atoms with Crippen LogP contribution in [-0.2, 0) is 11.2 Å². The van der Waals surface area contributed by atoms with Crippen molar-refractivity contribution in [2.75, 3.05) is 26.3 Å². The molecule has 0 aliphatic heterocycles. The Morgan fingerprint density at radius 2 is 1.73 bits per heavy atom. The van der Waals surface area contributed by atoms with Crippen LogP contribution in [0.4, 0.5) is 5.69 Å². The van der Waals surface area contributed by atoms with Crippen LogP contribution in [0.2, 0.25) is 0 Å². The normalized spacial score (nSPS) is 9.95. The van der Waals surface area contributed by atoms with Crippen LogP contribution in [-0.4, -0.2) is 27.2 Å². The van der Waals surface area contributed by atoms with E-state index >= 15 is 0 Å². The van der Waals surface area contributed by atoms with Gasteiger partial charge in [0.15, 0.2) is 11.5 Å². The van der Waals surface area contributed by atoms with Gasteiger partial charge in [-0.2, -0.15) is 0 Å². The molecule has 2 aromatic carbocycles. The molecule has 0 aromatic heterocycles. The molecule has 0 heterocycles. The molecule has 0 aliphatic rings. The van der Waals surface area contributed by atoms with Crippen molar-refractivity contribution in [1.29, 1.82) is 0 Å². The maximum Gasteiger partial charge on any atom is 0.242 e. The Morgan fingerprint density at radius 1 is 1.05 bits per heavy atom. The molecule has 0 fully saturated rings. The molecule has 0 saturated carbocycles. The van der Waals surface area contributed by atoms with Crippen LogP contribution >= 0.6 is 0 Å². The molecule has 0 spiro atoms. The third-order valence-electron chi connectivity index (χ3n) is 3.25. The topological polar surface area (TPSA) is 50.8 Å². The summed E-state index contributed by atoms with van der Waals surface area (Å²) in [5.41, 5.74) is 4.61. The highest BCUT2D eigenvalue weighted by molar-refractivity contribution is 5.80. The Morgan fingerprint density at radius 3 is 2.36 bits per heavy atom. The van der Waals surface area contributed by atoms with E-state index in [0.717, 1.165) is 11.3 Å². The number of carbonyl (C=O) groups is 1. The highest BCUT2D eigenvalue weighted by atomic mass is 16.5. The van der Waals surface area contributed by atoms with Gasteiger partial charge in [-0.05, 0) is 29.8 Å². The van der Waals surface area contributed by atoms with Crippen molar-refractivity contribution >= 4 is 11.6 Å². The van der Waals surface area contributed by atoms with Gasteiger partial charge in [0.2, 0.25) is 5.91 Å². The Hall–Kier alpha value is -2.69. The molecule has 5 heteroatoms. The summed E-state index contributed by atoms with van der Waals surface area (Å²) in [6.45, 7) is 0. The summed E-state index contributed by atoms with van der Waals surface area (Å²) in [4.78, 5) is 12.1. The Bertz CT molecular complexity index is 629. The number of ether oxygens (including phenoxy) is 2. The number of nitrogens with zero attached hydrogens (tertiary/aromatic N) is 1. The van der Waals surface area contributed by atoms with Gasteiger partial charge in [0.1, 0.15) is 0 Å². The van der Waals surface area contributed by atoms with E-state index < -0.39 is 0 Å². The minimum atomic E-state index is -0.0985. The second-order valence-electron chi connectivity index (χ2n) is 4.80. The standard InChI is InChI=1S/C17H20N2O3/c1-19(14-7-5-4-6-8-14)18-17(20)12-13-9-10-15(21-2)16(11-13)22-3/h4-11H,12H2,1-3H3,(H,18,20). The number of rotatable bonds is 6. The SMILES string of the molecule is COc1ccc(CC(=O)NN(C)c2ccccc2)cc1OC. The molecule has 0 unspecified atom stereocenters. The van der Waals surface area contributed by atoms with Crippen molar-refractivity contribution in [2.24, 2.45) is 0 Å². The van der Waals surface area contributed by atoms with Gasteiger partial charge < -0.3 is 9.47 Å². The number of amides is 1. The van der Waals surface area contributed by atoms with Crippen molar-refractivity contribution in [2.45, 2.75) is 6.42 Å². The molecule has 1 N–H and O–H groups in total. The van der Waals surface area contributed by atoms with Crippen molar-refractivity contribution in [3.8, 4) is 11.5 Å². The summed E-state index contributed by atoms with van der Waals surface area (Å²) in [5, 5.41) is 1.70. The van der Waals surface area contributed by atoms with Gasteiger partial charge >= 0.3 is 0 Å². The monoisotopic (exact) mass is 300 g/mol. The van der Waals surface area contributed by atoms with Crippen LogP contribution in [0.1, 0.15) is 5.56 Å². The zero-order valence-corrected chi connectivity index (χ0v) is 13.0. The first-order valence-corrected chi connectivity index (χ1v) is 6.93. The largest absolute Gasteiger partial charge is 0.493 e. The van der Waals surface area contributed by atoms with E-state index in [2.05, 4.69) is 5.43 Å². The molecule has 22 heavy (non-hydrogen) atoms. The van der Waals surface area contributed by atoms with Crippen LogP contribution in [0.25, 0.3) is 0 Å². The van der Waals surface area contributed by atoms with Gasteiger partial charge in [-0.1, -0.05) is 24.3 Å². The average molecular weight is 300 g/mol. The molecule has 0 bridgehead atoms. The number of anilines is 1. The molecule has 116 valence electrons. The fourth-order valence-corrected chi connectivity index (χ4v) is 2.12. The number of carbonyl (C=O) groups excluding carboxylic acids is 1. The van der Waals surface area contributed by atoms with Crippen LogP contribution in [0.15, 0.2) is 48.5 Å². The molecule has 0 atom stereocenters. The molecular weight excluding hydrogens is 280 g/mol. The van der Waals surface area contributed by atoms with Gasteiger partial charge in [0, 0.05) is 7.05 Å². The van der Waals surface area contributed by atoms with Crippen molar-refractivity contribution in [1.82, 2.24) is 5.43 Å². The highest BCUT2D eigenvalue weighted by Crippen LogP contribution is 2.27. The third kappa shape index (κ3) is 3.91. The van der Waals surface area contributed by atoms with Crippen molar-refractivity contribution < 1.29 is 14.3 Å². The predicted octanol–water partition coefficient (Wildman–Crippen LogP) is 2.41. The van der Waals surface area contributed by atoms with Gasteiger partial charge in [0.05, 0.1) is 26.3 Å². The fraction of sp³-hybridized carbons (Fsp3) is 0.235. The second-order valence-corrected chi connectivity index (χ2v) is 4.80. The molecule has 0 radical (unpaired) electrons. The van der Waals surface area contributed by atoms with Gasteiger partial charge in [-0.15, -0.1) is 0 Å². The molecule has 0 aliphatic carbocycles. The summed E-state index contributed by atoms with van der Waals surface area (Å²) in [6.07, 6.45) is 0.261. The van der Waals surface area contributed by atoms with Crippen molar-refractivity contribution in [3.05, 3.63) is 54.1 Å². The lowest BCUT2D eigenvalue weighted by Crippen LogP contribution is -2.40. The van der Waals surface area contributed by atoms with E-state index in [0.29, 0.717) is 11.5 Å². The first-order valence-electron chi connectivity index (χ1n) is 6.93. The highest BCUT2D eigenvalue weighted by Gasteiger charge is 2.10. The first kappa shape index (κ1) is 15.7. The van der Waals surface area contributed by atoms with Crippen LogP contribution in [0.5, 0.6) is 11.5 Å². The predicted molar refractivity (Wildman–Crippen MR) is 86.2 cm³/mol. The second kappa shape index (κ2) is 7.36.